The van der Waals surface area contributed by atoms with Crippen molar-refractivity contribution >= 4 is 10.0 Å². The molecule has 1 aromatic heterocycles. The normalized spacial score (nSPS) is 12.3. The van der Waals surface area contributed by atoms with Crippen LogP contribution in [0.3, 0.4) is 0 Å². The van der Waals surface area contributed by atoms with Gasteiger partial charge >= 0.3 is 0 Å². The van der Waals surface area contributed by atoms with Crippen LogP contribution in [0.5, 0.6) is 0 Å². The maximum atomic E-state index is 11.7. The van der Waals surface area contributed by atoms with E-state index in [0.717, 1.165) is 11.3 Å². The average molecular weight is 231 g/mol. The number of nitrogens with zero attached hydrogens (tertiary/aromatic N) is 1. The molecule has 0 N–H and O–H groups in total. The molecular formula is C10H17NO3S. The first kappa shape index (κ1) is 12.3. The smallest absolute Gasteiger partial charge is 0.214 e. The van der Waals surface area contributed by atoms with E-state index in [2.05, 4.69) is 0 Å². The van der Waals surface area contributed by atoms with Gasteiger partial charge in [-0.3, -0.25) is 0 Å². The number of furan rings is 1. The molecule has 0 aromatic carbocycles. The highest BCUT2D eigenvalue weighted by Crippen LogP contribution is 2.13. The van der Waals surface area contributed by atoms with Gasteiger partial charge < -0.3 is 4.42 Å². The van der Waals surface area contributed by atoms with E-state index in [4.69, 9.17) is 4.42 Å². The van der Waals surface area contributed by atoms with Crippen molar-refractivity contribution in [1.82, 2.24) is 4.31 Å². The molecule has 1 heterocycles. The SMILES string of the molecule is CCCS(=O)(=O)N(C)Cc1ccoc1C. The van der Waals surface area contributed by atoms with Crippen LogP contribution < -0.4 is 0 Å². The van der Waals surface area contributed by atoms with Crippen LogP contribution in [0, 0.1) is 6.92 Å². The highest BCUT2D eigenvalue weighted by atomic mass is 32.2. The fourth-order valence-electron chi connectivity index (χ4n) is 1.33. The average Bonchev–Trinajstić information content (AvgIpc) is 2.52. The molecule has 0 saturated carbocycles. The van der Waals surface area contributed by atoms with E-state index in [-0.39, 0.29) is 5.75 Å². The lowest BCUT2D eigenvalue weighted by atomic mass is 10.3. The van der Waals surface area contributed by atoms with Crippen molar-refractivity contribution in [3.63, 3.8) is 0 Å². The molecule has 0 spiro atoms. The minimum atomic E-state index is -3.11. The van der Waals surface area contributed by atoms with Gasteiger partial charge in [-0.1, -0.05) is 6.92 Å². The Kier molecular flexibility index (Phi) is 3.93. The van der Waals surface area contributed by atoms with Crippen LogP contribution in [0.4, 0.5) is 0 Å². The lowest BCUT2D eigenvalue weighted by Crippen LogP contribution is -2.28. The fourth-order valence-corrected chi connectivity index (χ4v) is 2.49. The number of sulfonamides is 1. The van der Waals surface area contributed by atoms with Crippen LogP contribution in [0.15, 0.2) is 16.7 Å². The standard InChI is InChI=1S/C10H17NO3S/c1-4-7-15(12,13)11(3)8-10-5-6-14-9(10)2/h5-6H,4,7-8H2,1-3H3. The Bertz CT molecular complexity index is 408. The van der Waals surface area contributed by atoms with Gasteiger partial charge in [0.2, 0.25) is 10.0 Å². The third kappa shape index (κ3) is 3.07. The van der Waals surface area contributed by atoms with Crippen molar-refractivity contribution in [2.75, 3.05) is 12.8 Å². The highest BCUT2D eigenvalue weighted by Gasteiger charge is 2.17. The van der Waals surface area contributed by atoms with Gasteiger partial charge in [-0.15, -0.1) is 0 Å². The van der Waals surface area contributed by atoms with Gasteiger partial charge in [0.15, 0.2) is 0 Å². The summed E-state index contributed by atoms with van der Waals surface area (Å²) in [5.41, 5.74) is 0.914. The Morgan fingerprint density at radius 2 is 2.13 bits per heavy atom. The van der Waals surface area contributed by atoms with Gasteiger partial charge in [-0.2, -0.15) is 0 Å². The van der Waals surface area contributed by atoms with Crippen LogP contribution in [-0.2, 0) is 16.6 Å². The molecule has 1 rings (SSSR count). The lowest BCUT2D eigenvalue weighted by molar-refractivity contribution is 0.458. The predicted octanol–water partition coefficient (Wildman–Crippen LogP) is 1.76. The molecule has 0 fully saturated rings. The van der Waals surface area contributed by atoms with Crippen LogP contribution >= 0.6 is 0 Å². The van der Waals surface area contributed by atoms with Crippen molar-refractivity contribution < 1.29 is 12.8 Å². The van der Waals surface area contributed by atoms with E-state index in [0.29, 0.717) is 13.0 Å². The van der Waals surface area contributed by atoms with Gasteiger partial charge in [0.1, 0.15) is 5.76 Å². The largest absolute Gasteiger partial charge is 0.469 e. The molecule has 0 radical (unpaired) electrons. The quantitative estimate of drug-likeness (QED) is 0.776. The number of aryl methyl sites for hydroxylation is 1. The Morgan fingerprint density at radius 1 is 1.47 bits per heavy atom. The first-order valence-electron chi connectivity index (χ1n) is 4.94. The van der Waals surface area contributed by atoms with Crippen molar-refractivity contribution in [3.8, 4) is 0 Å². The van der Waals surface area contributed by atoms with Crippen molar-refractivity contribution in [3.05, 3.63) is 23.7 Å². The van der Waals surface area contributed by atoms with E-state index >= 15 is 0 Å². The summed E-state index contributed by atoms with van der Waals surface area (Å²) in [6, 6.07) is 1.80. The van der Waals surface area contributed by atoms with E-state index in [1.807, 2.05) is 13.8 Å². The van der Waals surface area contributed by atoms with Gasteiger partial charge in [0.25, 0.3) is 0 Å². The minimum Gasteiger partial charge on any atom is -0.469 e. The van der Waals surface area contributed by atoms with Crippen LogP contribution in [-0.4, -0.2) is 25.5 Å². The Labute approximate surface area is 90.9 Å². The maximum Gasteiger partial charge on any atom is 0.214 e. The molecule has 5 heteroatoms. The first-order chi connectivity index (χ1) is 6.97. The number of hydrogen-bond donors (Lipinski definition) is 0. The summed E-state index contributed by atoms with van der Waals surface area (Å²) in [4.78, 5) is 0. The minimum absolute atomic E-state index is 0.195. The van der Waals surface area contributed by atoms with E-state index in [1.165, 1.54) is 4.31 Å². The fraction of sp³-hybridized carbons (Fsp3) is 0.600. The second-order valence-electron chi connectivity index (χ2n) is 3.57. The summed E-state index contributed by atoms with van der Waals surface area (Å²) in [6.07, 6.45) is 2.21. The summed E-state index contributed by atoms with van der Waals surface area (Å²) in [6.45, 7) is 4.06. The first-order valence-corrected chi connectivity index (χ1v) is 6.55. The number of hydrogen-bond acceptors (Lipinski definition) is 3. The topological polar surface area (TPSA) is 50.5 Å². The molecule has 0 amide bonds. The summed E-state index contributed by atoms with van der Waals surface area (Å²) in [5, 5.41) is 0. The van der Waals surface area contributed by atoms with Crippen molar-refractivity contribution in [1.29, 1.82) is 0 Å². The van der Waals surface area contributed by atoms with Crippen LogP contribution in [0.1, 0.15) is 24.7 Å². The van der Waals surface area contributed by atoms with Gasteiger partial charge in [0, 0.05) is 19.2 Å². The lowest BCUT2D eigenvalue weighted by Gasteiger charge is -2.15. The Morgan fingerprint density at radius 3 is 2.60 bits per heavy atom. The molecule has 86 valence electrons. The molecule has 0 aliphatic carbocycles. The van der Waals surface area contributed by atoms with Crippen LogP contribution in [0.2, 0.25) is 0 Å². The molecule has 0 saturated heterocycles. The summed E-state index contributed by atoms with van der Waals surface area (Å²) in [7, 11) is -1.52. The third-order valence-corrected chi connectivity index (χ3v) is 4.30. The molecule has 0 unspecified atom stereocenters. The molecule has 0 aliphatic rings. The molecule has 0 bridgehead atoms. The zero-order valence-corrected chi connectivity index (χ0v) is 10.2. The number of rotatable bonds is 5. The van der Waals surface area contributed by atoms with E-state index < -0.39 is 10.0 Å². The zero-order valence-electron chi connectivity index (χ0n) is 9.36. The van der Waals surface area contributed by atoms with Gasteiger partial charge in [-0.05, 0) is 19.4 Å². The summed E-state index contributed by atoms with van der Waals surface area (Å²) in [5.74, 6) is 0.967. The maximum absolute atomic E-state index is 11.7. The van der Waals surface area contributed by atoms with Crippen molar-refractivity contribution in [2.45, 2.75) is 26.8 Å². The second kappa shape index (κ2) is 4.81. The molecule has 0 atom stereocenters. The zero-order chi connectivity index (χ0) is 11.5. The molecular weight excluding hydrogens is 214 g/mol. The monoisotopic (exact) mass is 231 g/mol. The second-order valence-corrected chi connectivity index (χ2v) is 5.77. The van der Waals surface area contributed by atoms with Gasteiger partial charge in [-0.25, -0.2) is 12.7 Å². The van der Waals surface area contributed by atoms with E-state index in [1.54, 1.807) is 19.4 Å². The summed E-state index contributed by atoms with van der Waals surface area (Å²) >= 11 is 0. The predicted molar refractivity (Wildman–Crippen MR) is 59.0 cm³/mol. The Balaban J connectivity index is 2.72. The molecule has 4 nitrogen and oxygen atoms in total. The van der Waals surface area contributed by atoms with E-state index in [9.17, 15) is 8.42 Å². The molecule has 0 aliphatic heterocycles. The summed E-state index contributed by atoms with van der Waals surface area (Å²) < 4.78 is 29.8. The highest BCUT2D eigenvalue weighted by molar-refractivity contribution is 7.89. The van der Waals surface area contributed by atoms with Crippen molar-refractivity contribution in [2.24, 2.45) is 0 Å². The van der Waals surface area contributed by atoms with Gasteiger partial charge in [0.05, 0.1) is 12.0 Å². The molecule has 1 aromatic rings. The third-order valence-electron chi connectivity index (χ3n) is 2.30. The molecule has 15 heavy (non-hydrogen) atoms. The Hall–Kier alpha value is -0.810. The van der Waals surface area contributed by atoms with Crippen LogP contribution in [0.25, 0.3) is 0 Å².